The van der Waals surface area contributed by atoms with E-state index in [4.69, 9.17) is 11.6 Å². The zero-order valence-corrected chi connectivity index (χ0v) is 12.5. The van der Waals surface area contributed by atoms with Crippen LogP contribution >= 0.6 is 11.6 Å². The smallest absolute Gasteiger partial charge is 0.227 e. The molecule has 1 atom stereocenters. The molecule has 0 bridgehead atoms. The molecular formula is C15H21ClN2O2. The molecule has 1 aliphatic heterocycles. The van der Waals surface area contributed by atoms with E-state index in [9.17, 15) is 9.90 Å². The average Bonchev–Trinajstić information content (AvgIpc) is 2.38. The zero-order chi connectivity index (χ0) is 14.5. The van der Waals surface area contributed by atoms with Gasteiger partial charge in [-0.1, -0.05) is 23.7 Å². The molecule has 2 rings (SSSR count). The number of aliphatic hydroxyl groups is 1. The predicted octanol–water partition coefficient (Wildman–Crippen LogP) is 1.41. The Balaban J connectivity index is 1.83. The van der Waals surface area contributed by atoms with Gasteiger partial charge >= 0.3 is 0 Å². The number of benzene rings is 1. The summed E-state index contributed by atoms with van der Waals surface area (Å²) in [6.07, 6.45) is 0.0838. The van der Waals surface area contributed by atoms with E-state index in [1.807, 2.05) is 29.2 Å². The summed E-state index contributed by atoms with van der Waals surface area (Å²) in [5.74, 6) is 0.143. The van der Waals surface area contributed by atoms with Crippen molar-refractivity contribution in [1.29, 1.82) is 0 Å². The molecule has 20 heavy (non-hydrogen) atoms. The molecule has 0 unspecified atom stereocenters. The molecule has 0 aromatic heterocycles. The Kier molecular flexibility index (Phi) is 5.40. The number of aliphatic hydroxyl groups excluding tert-OH is 1. The van der Waals surface area contributed by atoms with Gasteiger partial charge in [0.25, 0.3) is 0 Å². The standard InChI is InChI=1S/C15H21ClN2O2/c1-12(19)11-17-5-7-18(8-6-17)15(20)10-13-3-2-4-14(16)9-13/h2-4,9,12,19H,5-8,10-11H2,1H3/t12-/m1/s1. The summed E-state index contributed by atoms with van der Waals surface area (Å²) in [7, 11) is 0. The lowest BCUT2D eigenvalue weighted by molar-refractivity contribution is -0.132. The summed E-state index contributed by atoms with van der Waals surface area (Å²) < 4.78 is 0. The Morgan fingerprint density at radius 2 is 2.05 bits per heavy atom. The Labute approximate surface area is 124 Å². The summed E-state index contributed by atoms with van der Waals surface area (Å²) in [5.41, 5.74) is 0.953. The van der Waals surface area contributed by atoms with Crippen LogP contribution in [0.15, 0.2) is 24.3 Å². The minimum atomic E-state index is -0.316. The molecule has 0 spiro atoms. The van der Waals surface area contributed by atoms with E-state index >= 15 is 0 Å². The van der Waals surface area contributed by atoms with Crippen LogP contribution in [0.5, 0.6) is 0 Å². The lowest BCUT2D eigenvalue weighted by Crippen LogP contribution is -2.50. The number of hydrogen-bond acceptors (Lipinski definition) is 3. The molecule has 1 fully saturated rings. The molecule has 1 aromatic rings. The minimum Gasteiger partial charge on any atom is -0.392 e. The molecule has 1 amide bonds. The number of nitrogens with zero attached hydrogens (tertiary/aromatic N) is 2. The summed E-state index contributed by atoms with van der Waals surface area (Å²) in [6.45, 7) is 5.57. The maximum atomic E-state index is 12.2. The summed E-state index contributed by atoms with van der Waals surface area (Å²) in [5, 5.41) is 10.0. The van der Waals surface area contributed by atoms with Crippen molar-refractivity contribution in [3.05, 3.63) is 34.9 Å². The van der Waals surface area contributed by atoms with Crippen molar-refractivity contribution in [1.82, 2.24) is 9.80 Å². The molecule has 1 aliphatic rings. The zero-order valence-electron chi connectivity index (χ0n) is 11.8. The van der Waals surface area contributed by atoms with Crippen LogP contribution in [0.2, 0.25) is 5.02 Å². The van der Waals surface area contributed by atoms with E-state index in [0.29, 0.717) is 18.0 Å². The van der Waals surface area contributed by atoms with Gasteiger partial charge in [-0.25, -0.2) is 0 Å². The minimum absolute atomic E-state index is 0.143. The number of carbonyl (C=O) groups is 1. The highest BCUT2D eigenvalue weighted by Gasteiger charge is 2.21. The van der Waals surface area contributed by atoms with Gasteiger partial charge in [-0.15, -0.1) is 0 Å². The molecule has 1 N–H and O–H groups in total. The van der Waals surface area contributed by atoms with Gasteiger partial charge in [0.1, 0.15) is 0 Å². The largest absolute Gasteiger partial charge is 0.392 e. The van der Waals surface area contributed by atoms with Crippen molar-refractivity contribution in [3.63, 3.8) is 0 Å². The maximum Gasteiger partial charge on any atom is 0.227 e. The fourth-order valence-electron chi connectivity index (χ4n) is 2.49. The molecule has 4 nitrogen and oxygen atoms in total. The fraction of sp³-hybridized carbons (Fsp3) is 0.533. The van der Waals surface area contributed by atoms with E-state index in [-0.39, 0.29) is 12.0 Å². The molecule has 110 valence electrons. The van der Waals surface area contributed by atoms with Crippen molar-refractivity contribution in [3.8, 4) is 0 Å². The van der Waals surface area contributed by atoms with Gasteiger partial charge in [0.2, 0.25) is 5.91 Å². The van der Waals surface area contributed by atoms with E-state index in [2.05, 4.69) is 4.90 Å². The fourth-order valence-corrected chi connectivity index (χ4v) is 2.70. The van der Waals surface area contributed by atoms with Crippen LogP contribution in [-0.2, 0) is 11.2 Å². The second kappa shape index (κ2) is 7.07. The predicted molar refractivity (Wildman–Crippen MR) is 79.9 cm³/mol. The van der Waals surface area contributed by atoms with Gasteiger partial charge in [-0.05, 0) is 24.6 Å². The first kappa shape index (κ1) is 15.3. The van der Waals surface area contributed by atoms with Crippen molar-refractivity contribution in [2.45, 2.75) is 19.4 Å². The Morgan fingerprint density at radius 1 is 1.35 bits per heavy atom. The maximum absolute atomic E-state index is 12.2. The van der Waals surface area contributed by atoms with Crippen molar-refractivity contribution < 1.29 is 9.90 Å². The first-order valence-electron chi connectivity index (χ1n) is 6.97. The van der Waals surface area contributed by atoms with Gasteiger partial charge in [-0.3, -0.25) is 9.69 Å². The molecule has 0 saturated carbocycles. The van der Waals surface area contributed by atoms with E-state index < -0.39 is 0 Å². The van der Waals surface area contributed by atoms with Crippen molar-refractivity contribution in [2.75, 3.05) is 32.7 Å². The Hall–Kier alpha value is -1.10. The number of amides is 1. The number of hydrogen-bond donors (Lipinski definition) is 1. The second-order valence-corrected chi connectivity index (χ2v) is 5.77. The van der Waals surface area contributed by atoms with Gasteiger partial charge in [-0.2, -0.15) is 0 Å². The van der Waals surface area contributed by atoms with Gasteiger partial charge in [0.15, 0.2) is 0 Å². The third kappa shape index (κ3) is 4.47. The molecule has 0 aliphatic carbocycles. The molecule has 1 heterocycles. The molecule has 1 aromatic carbocycles. The van der Waals surface area contributed by atoms with E-state index in [0.717, 1.165) is 31.7 Å². The molecule has 0 radical (unpaired) electrons. The lowest BCUT2D eigenvalue weighted by atomic mass is 10.1. The van der Waals surface area contributed by atoms with Gasteiger partial charge in [0, 0.05) is 37.7 Å². The van der Waals surface area contributed by atoms with E-state index in [1.165, 1.54) is 0 Å². The normalized spacial score (nSPS) is 18.1. The first-order chi connectivity index (χ1) is 9.54. The quantitative estimate of drug-likeness (QED) is 0.913. The van der Waals surface area contributed by atoms with Crippen LogP contribution < -0.4 is 0 Å². The summed E-state index contributed by atoms with van der Waals surface area (Å²) in [6, 6.07) is 7.44. The van der Waals surface area contributed by atoms with E-state index in [1.54, 1.807) is 6.92 Å². The molecule has 5 heteroatoms. The number of carbonyl (C=O) groups excluding carboxylic acids is 1. The molecular weight excluding hydrogens is 276 g/mol. The summed E-state index contributed by atoms with van der Waals surface area (Å²) >= 11 is 5.93. The summed E-state index contributed by atoms with van der Waals surface area (Å²) in [4.78, 5) is 16.3. The number of halogens is 1. The first-order valence-corrected chi connectivity index (χ1v) is 7.35. The van der Waals surface area contributed by atoms with Gasteiger partial charge in [0.05, 0.1) is 12.5 Å². The van der Waals surface area contributed by atoms with Crippen LogP contribution in [0.25, 0.3) is 0 Å². The average molecular weight is 297 g/mol. The van der Waals surface area contributed by atoms with Crippen LogP contribution in [0.3, 0.4) is 0 Å². The third-order valence-corrected chi connectivity index (χ3v) is 3.73. The SMILES string of the molecule is C[C@@H](O)CN1CCN(C(=O)Cc2cccc(Cl)c2)CC1. The van der Waals surface area contributed by atoms with Crippen LogP contribution in [0.1, 0.15) is 12.5 Å². The Bertz CT molecular complexity index is 457. The van der Waals surface area contributed by atoms with Crippen molar-refractivity contribution in [2.24, 2.45) is 0 Å². The molecule has 1 saturated heterocycles. The number of piperazine rings is 1. The van der Waals surface area contributed by atoms with Crippen LogP contribution in [0, 0.1) is 0 Å². The van der Waals surface area contributed by atoms with Crippen molar-refractivity contribution >= 4 is 17.5 Å². The van der Waals surface area contributed by atoms with Crippen LogP contribution in [0.4, 0.5) is 0 Å². The highest BCUT2D eigenvalue weighted by Crippen LogP contribution is 2.13. The second-order valence-electron chi connectivity index (χ2n) is 5.34. The van der Waals surface area contributed by atoms with Gasteiger partial charge < -0.3 is 10.0 Å². The Morgan fingerprint density at radius 3 is 2.65 bits per heavy atom. The highest BCUT2D eigenvalue weighted by molar-refractivity contribution is 6.30. The third-order valence-electron chi connectivity index (χ3n) is 3.49. The van der Waals surface area contributed by atoms with Crippen LogP contribution in [-0.4, -0.2) is 59.6 Å². The monoisotopic (exact) mass is 296 g/mol. The number of rotatable bonds is 4. The topological polar surface area (TPSA) is 43.8 Å². The highest BCUT2D eigenvalue weighted by atomic mass is 35.5. The lowest BCUT2D eigenvalue weighted by Gasteiger charge is -2.35. The number of β-amino-alcohol motifs (C(OH)–C–C–N with tert-alkyl or cyclic N) is 1.